The molecule has 0 fully saturated rings. The number of carbonyl (C=O) groups is 3. The Kier molecular flexibility index (Phi) is 5.66. The van der Waals surface area contributed by atoms with E-state index in [-0.39, 0.29) is 28.7 Å². The Balaban J connectivity index is 3.19. The maximum absolute atomic E-state index is 11.9. The third-order valence-electron chi connectivity index (χ3n) is 2.38. The number of nitrogens with one attached hydrogen (secondary N) is 1. The molecule has 0 aliphatic rings. The van der Waals surface area contributed by atoms with Gasteiger partial charge in [-0.2, -0.15) is 0 Å². The second kappa shape index (κ2) is 7.01. The Morgan fingerprint density at radius 3 is 2.50 bits per heavy atom. The average Bonchev–Trinajstić information content (AvgIpc) is 2.66. The fraction of sp³-hybridized carbons (Fsp3) is 0.417. The minimum atomic E-state index is -0.662. The van der Waals surface area contributed by atoms with Crippen molar-refractivity contribution in [1.29, 1.82) is 0 Å². The van der Waals surface area contributed by atoms with Gasteiger partial charge < -0.3 is 20.5 Å². The minimum Gasteiger partial charge on any atom is -0.462 e. The first-order valence-electron chi connectivity index (χ1n) is 5.81. The third kappa shape index (κ3) is 3.55. The van der Waals surface area contributed by atoms with Gasteiger partial charge in [-0.1, -0.05) is 0 Å². The van der Waals surface area contributed by atoms with E-state index in [2.05, 4.69) is 5.32 Å². The standard InChI is InChI=1S/C12H16N2O5S/c1-4-19-12(17)8-6(2)9(10(13)16)20-11(8)14-7(15)5-18-3/h4-5H2,1-3H3,(H2,13,16)(H,14,15). The van der Waals surface area contributed by atoms with E-state index < -0.39 is 17.8 Å². The smallest absolute Gasteiger partial charge is 0.341 e. The molecule has 20 heavy (non-hydrogen) atoms. The molecular formula is C12H16N2O5S. The summed E-state index contributed by atoms with van der Waals surface area (Å²) >= 11 is 0.940. The van der Waals surface area contributed by atoms with Crippen molar-refractivity contribution in [2.24, 2.45) is 5.73 Å². The summed E-state index contributed by atoms with van der Waals surface area (Å²) in [5.74, 6) is -1.71. The van der Waals surface area contributed by atoms with Gasteiger partial charge in [-0.3, -0.25) is 9.59 Å². The van der Waals surface area contributed by atoms with Crippen LogP contribution in [0.25, 0.3) is 0 Å². The number of thiophene rings is 1. The molecule has 0 aromatic carbocycles. The Morgan fingerprint density at radius 1 is 1.35 bits per heavy atom. The summed E-state index contributed by atoms with van der Waals surface area (Å²) in [5, 5.41) is 2.75. The number of esters is 1. The van der Waals surface area contributed by atoms with Gasteiger partial charge in [0, 0.05) is 7.11 Å². The first kappa shape index (κ1) is 16.1. The number of hydrogen-bond acceptors (Lipinski definition) is 6. The SMILES string of the molecule is CCOC(=O)c1c(NC(=O)COC)sc(C(N)=O)c1C. The second-order valence-corrected chi connectivity index (χ2v) is 4.85. The highest BCUT2D eigenvalue weighted by Crippen LogP contribution is 2.33. The van der Waals surface area contributed by atoms with Crippen LogP contribution >= 0.6 is 11.3 Å². The van der Waals surface area contributed by atoms with Crippen LogP contribution in [-0.4, -0.2) is 38.1 Å². The van der Waals surface area contributed by atoms with Crippen LogP contribution in [0, 0.1) is 6.92 Å². The van der Waals surface area contributed by atoms with Gasteiger partial charge >= 0.3 is 5.97 Å². The lowest BCUT2D eigenvalue weighted by Gasteiger charge is -2.06. The molecule has 0 spiro atoms. The van der Waals surface area contributed by atoms with Crippen molar-refractivity contribution in [2.75, 3.05) is 25.6 Å². The van der Waals surface area contributed by atoms with Crippen molar-refractivity contribution in [1.82, 2.24) is 0 Å². The number of amides is 2. The van der Waals surface area contributed by atoms with Gasteiger partial charge in [0.15, 0.2) is 0 Å². The van der Waals surface area contributed by atoms with Gasteiger partial charge in [0.2, 0.25) is 0 Å². The lowest BCUT2D eigenvalue weighted by molar-refractivity contribution is -0.119. The zero-order valence-corrected chi connectivity index (χ0v) is 12.3. The van der Waals surface area contributed by atoms with E-state index >= 15 is 0 Å². The van der Waals surface area contributed by atoms with E-state index in [0.29, 0.717) is 5.56 Å². The zero-order valence-electron chi connectivity index (χ0n) is 11.4. The molecule has 0 bridgehead atoms. The fourth-order valence-electron chi connectivity index (χ4n) is 1.58. The van der Waals surface area contributed by atoms with Crippen molar-refractivity contribution in [3.05, 3.63) is 16.0 Å². The van der Waals surface area contributed by atoms with Crippen LogP contribution in [0.1, 0.15) is 32.5 Å². The van der Waals surface area contributed by atoms with Crippen molar-refractivity contribution < 1.29 is 23.9 Å². The molecule has 0 atom stereocenters. The summed E-state index contributed by atoms with van der Waals surface area (Å²) in [7, 11) is 1.38. The predicted molar refractivity (Wildman–Crippen MR) is 74.0 cm³/mol. The molecule has 2 amide bonds. The first-order chi connectivity index (χ1) is 9.42. The second-order valence-electron chi connectivity index (χ2n) is 3.83. The van der Waals surface area contributed by atoms with Crippen LogP contribution in [-0.2, 0) is 14.3 Å². The Labute approximate surface area is 120 Å². The number of carbonyl (C=O) groups excluding carboxylic acids is 3. The van der Waals surface area contributed by atoms with E-state index in [9.17, 15) is 14.4 Å². The van der Waals surface area contributed by atoms with Gasteiger partial charge in [-0.25, -0.2) is 4.79 Å². The summed E-state index contributed by atoms with van der Waals surface area (Å²) in [5.41, 5.74) is 5.79. The van der Waals surface area contributed by atoms with E-state index in [0.717, 1.165) is 11.3 Å². The number of hydrogen-bond donors (Lipinski definition) is 2. The molecule has 0 saturated carbocycles. The highest BCUT2D eigenvalue weighted by atomic mass is 32.1. The quantitative estimate of drug-likeness (QED) is 0.759. The monoisotopic (exact) mass is 300 g/mol. The topological polar surface area (TPSA) is 108 Å². The predicted octanol–water partition coefficient (Wildman–Crippen LogP) is 0.917. The van der Waals surface area contributed by atoms with Crippen LogP contribution in [0.2, 0.25) is 0 Å². The summed E-state index contributed by atoms with van der Waals surface area (Å²) in [4.78, 5) is 35.0. The molecule has 0 aliphatic carbocycles. The van der Waals surface area contributed by atoms with E-state index in [1.807, 2.05) is 0 Å². The highest BCUT2D eigenvalue weighted by Gasteiger charge is 2.25. The Hall–Kier alpha value is -1.93. The maximum Gasteiger partial charge on any atom is 0.341 e. The average molecular weight is 300 g/mol. The number of nitrogens with two attached hydrogens (primary N) is 1. The molecule has 110 valence electrons. The normalized spacial score (nSPS) is 10.2. The van der Waals surface area contributed by atoms with Crippen LogP contribution in [0.15, 0.2) is 0 Å². The first-order valence-corrected chi connectivity index (χ1v) is 6.63. The van der Waals surface area contributed by atoms with Crippen molar-refractivity contribution in [2.45, 2.75) is 13.8 Å². The molecule has 0 aliphatic heterocycles. The molecule has 1 aromatic rings. The Morgan fingerprint density at radius 2 is 2.00 bits per heavy atom. The lowest BCUT2D eigenvalue weighted by Crippen LogP contribution is -2.18. The molecule has 8 heteroatoms. The minimum absolute atomic E-state index is 0.148. The van der Waals surface area contributed by atoms with Crippen molar-refractivity contribution >= 4 is 34.1 Å². The van der Waals surface area contributed by atoms with Crippen LogP contribution in [0.3, 0.4) is 0 Å². The number of methoxy groups -OCH3 is 1. The van der Waals surface area contributed by atoms with Gasteiger partial charge in [-0.05, 0) is 19.4 Å². The molecule has 1 rings (SSSR count). The molecule has 0 unspecified atom stereocenters. The molecule has 1 aromatic heterocycles. The largest absolute Gasteiger partial charge is 0.462 e. The summed E-state index contributed by atoms with van der Waals surface area (Å²) < 4.78 is 9.61. The molecular weight excluding hydrogens is 284 g/mol. The van der Waals surface area contributed by atoms with E-state index in [1.165, 1.54) is 7.11 Å². The van der Waals surface area contributed by atoms with Gasteiger partial charge in [0.25, 0.3) is 11.8 Å². The molecule has 7 nitrogen and oxygen atoms in total. The lowest BCUT2D eigenvalue weighted by atomic mass is 10.1. The summed E-state index contributed by atoms with van der Waals surface area (Å²) in [6, 6.07) is 0. The fourth-order valence-corrected chi connectivity index (χ4v) is 2.64. The van der Waals surface area contributed by atoms with E-state index in [4.69, 9.17) is 15.2 Å². The summed E-state index contributed by atoms with van der Waals surface area (Å²) in [6.45, 7) is 3.27. The zero-order chi connectivity index (χ0) is 15.3. The summed E-state index contributed by atoms with van der Waals surface area (Å²) in [6.07, 6.45) is 0. The number of ether oxygens (including phenoxy) is 2. The molecule has 1 heterocycles. The van der Waals surface area contributed by atoms with Gasteiger partial charge in [0.05, 0.1) is 17.0 Å². The van der Waals surface area contributed by atoms with Crippen LogP contribution < -0.4 is 11.1 Å². The van der Waals surface area contributed by atoms with Gasteiger partial charge in [-0.15, -0.1) is 11.3 Å². The van der Waals surface area contributed by atoms with Crippen LogP contribution in [0.5, 0.6) is 0 Å². The van der Waals surface area contributed by atoms with Gasteiger partial charge in [0.1, 0.15) is 11.6 Å². The van der Waals surface area contributed by atoms with Crippen molar-refractivity contribution in [3.8, 4) is 0 Å². The van der Waals surface area contributed by atoms with E-state index in [1.54, 1.807) is 13.8 Å². The third-order valence-corrected chi connectivity index (χ3v) is 3.60. The molecule has 0 saturated heterocycles. The maximum atomic E-state index is 11.9. The number of primary amides is 1. The highest BCUT2D eigenvalue weighted by molar-refractivity contribution is 7.18. The number of anilines is 1. The van der Waals surface area contributed by atoms with Crippen LogP contribution in [0.4, 0.5) is 5.00 Å². The van der Waals surface area contributed by atoms with Crippen molar-refractivity contribution in [3.63, 3.8) is 0 Å². The Bertz CT molecular complexity index is 538. The molecule has 3 N–H and O–H groups in total. The molecule has 0 radical (unpaired) electrons. The number of rotatable bonds is 6.